The monoisotopic (exact) mass is 372 g/mol. The number of aromatic nitrogens is 2. The van der Waals surface area contributed by atoms with Crippen molar-refractivity contribution in [3.05, 3.63) is 54.4 Å². The molecule has 0 aliphatic heterocycles. The van der Waals surface area contributed by atoms with Crippen LogP contribution in [0.5, 0.6) is 0 Å². The van der Waals surface area contributed by atoms with Gasteiger partial charge in [0, 0.05) is 25.5 Å². The van der Waals surface area contributed by atoms with E-state index in [1.165, 1.54) is 0 Å². The molecule has 0 bridgehead atoms. The number of nitrogens with one attached hydrogen (secondary N) is 2. The molecule has 0 saturated heterocycles. The van der Waals surface area contributed by atoms with Crippen LogP contribution in [0.1, 0.15) is 32.3 Å². The number of rotatable bonds is 10. The molecule has 1 aromatic carbocycles. The summed E-state index contributed by atoms with van der Waals surface area (Å²) in [6.45, 7) is 5.34. The van der Waals surface area contributed by atoms with Gasteiger partial charge in [-0.05, 0) is 24.0 Å². The summed E-state index contributed by atoms with van der Waals surface area (Å²) < 4.78 is 7.05. The molecule has 1 aromatic heterocycles. The number of amides is 2. The van der Waals surface area contributed by atoms with Gasteiger partial charge in [0.2, 0.25) is 5.91 Å². The fraction of sp³-hybridized carbons (Fsp3) is 0.450. The summed E-state index contributed by atoms with van der Waals surface area (Å²) in [5, 5.41) is 9.72. The standard InChI is InChI=1S/C20H28N4O3/c1-3-16(2)18(19(25)21-11-7-13-24-14-8-12-22-24)23-20(26)27-15-17-9-5-4-6-10-17/h4-6,8-10,12,14,16,18H,3,7,11,13,15H2,1-2H3,(H,21,25)(H,23,26)/t16-,18-/m0/s1. The molecule has 0 fully saturated rings. The van der Waals surface area contributed by atoms with E-state index < -0.39 is 12.1 Å². The van der Waals surface area contributed by atoms with Gasteiger partial charge >= 0.3 is 6.09 Å². The van der Waals surface area contributed by atoms with Crippen molar-refractivity contribution in [1.29, 1.82) is 0 Å². The van der Waals surface area contributed by atoms with Gasteiger partial charge in [-0.1, -0.05) is 50.6 Å². The van der Waals surface area contributed by atoms with Crippen molar-refractivity contribution in [3.63, 3.8) is 0 Å². The number of carbonyl (C=O) groups excluding carboxylic acids is 2. The molecule has 0 saturated carbocycles. The Morgan fingerprint density at radius 3 is 2.67 bits per heavy atom. The third kappa shape index (κ3) is 7.13. The Kier molecular flexibility index (Phi) is 8.35. The van der Waals surface area contributed by atoms with E-state index in [-0.39, 0.29) is 18.4 Å². The fourth-order valence-electron chi connectivity index (χ4n) is 2.59. The molecule has 0 spiro atoms. The van der Waals surface area contributed by atoms with Crippen LogP contribution >= 0.6 is 0 Å². The number of carbonyl (C=O) groups is 2. The van der Waals surface area contributed by atoms with Crippen molar-refractivity contribution in [2.75, 3.05) is 6.54 Å². The first kappa shape index (κ1) is 20.5. The topological polar surface area (TPSA) is 85.2 Å². The van der Waals surface area contributed by atoms with E-state index in [0.717, 1.165) is 24.9 Å². The molecule has 2 atom stereocenters. The predicted octanol–water partition coefficient (Wildman–Crippen LogP) is 2.73. The molecule has 2 aromatic rings. The zero-order valence-electron chi connectivity index (χ0n) is 15.9. The first-order valence-corrected chi connectivity index (χ1v) is 9.32. The predicted molar refractivity (Wildman–Crippen MR) is 103 cm³/mol. The highest BCUT2D eigenvalue weighted by Crippen LogP contribution is 2.09. The van der Waals surface area contributed by atoms with Crippen LogP contribution in [0.15, 0.2) is 48.8 Å². The smallest absolute Gasteiger partial charge is 0.408 e. The number of hydrogen-bond acceptors (Lipinski definition) is 4. The third-order valence-corrected chi connectivity index (χ3v) is 4.40. The minimum atomic E-state index is -0.622. The third-order valence-electron chi connectivity index (χ3n) is 4.40. The van der Waals surface area contributed by atoms with E-state index in [9.17, 15) is 9.59 Å². The maximum atomic E-state index is 12.5. The molecule has 0 aliphatic carbocycles. The van der Waals surface area contributed by atoms with E-state index >= 15 is 0 Å². The van der Waals surface area contributed by atoms with Crippen LogP contribution in [0.2, 0.25) is 0 Å². The van der Waals surface area contributed by atoms with Crippen LogP contribution in [0, 0.1) is 5.92 Å². The van der Waals surface area contributed by atoms with E-state index in [2.05, 4.69) is 15.7 Å². The average Bonchev–Trinajstić information content (AvgIpc) is 3.21. The van der Waals surface area contributed by atoms with Crippen molar-refractivity contribution in [1.82, 2.24) is 20.4 Å². The second-order valence-corrected chi connectivity index (χ2v) is 6.48. The molecule has 0 aliphatic rings. The lowest BCUT2D eigenvalue weighted by Crippen LogP contribution is -2.50. The van der Waals surface area contributed by atoms with E-state index in [0.29, 0.717) is 6.54 Å². The Balaban J connectivity index is 1.78. The number of benzene rings is 1. The molecule has 2 N–H and O–H groups in total. The average molecular weight is 372 g/mol. The zero-order valence-corrected chi connectivity index (χ0v) is 15.9. The summed E-state index contributed by atoms with van der Waals surface area (Å²) in [5.41, 5.74) is 0.899. The highest BCUT2D eigenvalue weighted by molar-refractivity contribution is 5.85. The number of nitrogens with zero attached hydrogens (tertiary/aromatic N) is 2. The lowest BCUT2D eigenvalue weighted by molar-refractivity contribution is -0.124. The van der Waals surface area contributed by atoms with Crippen LogP contribution in [0.3, 0.4) is 0 Å². The van der Waals surface area contributed by atoms with Crippen molar-refractivity contribution in [3.8, 4) is 0 Å². The minimum Gasteiger partial charge on any atom is -0.445 e. The molecular formula is C20H28N4O3. The molecular weight excluding hydrogens is 344 g/mol. The largest absolute Gasteiger partial charge is 0.445 e. The summed E-state index contributed by atoms with van der Waals surface area (Å²) in [7, 11) is 0. The van der Waals surface area contributed by atoms with Gasteiger partial charge in [0.05, 0.1) is 0 Å². The molecule has 0 radical (unpaired) electrons. The highest BCUT2D eigenvalue weighted by Gasteiger charge is 2.26. The van der Waals surface area contributed by atoms with Crippen molar-refractivity contribution < 1.29 is 14.3 Å². The molecule has 7 heteroatoms. The van der Waals surface area contributed by atoms with Crippen LogP contribution in [-0.4, -0.2) is 34.4 Å². The van der Waals surface area contributed by atoms with E-state index in [1.54, 1.807) is 6.20 Å². The van der Waals surface area contributed by atoms with Crippen LogP contribution < -0.4 is 10.6 Å². The van der Waals surface area contributed by atoms with Gasteiger partial charge in [0.25, 0.3) is 0 Å². The normalized spacial score (nSPS) is 12.8. The molecule has 2 amide bonds. The van der Waals surface area contributed by atoms with Gasteiger partial charge in [-0.25, -0.2) is 4.79 Å². The van der Waals surface area contributed by atoms with Crippen LogP contribution in [0.4, 0.5) is 4.79 Å². The van der Waals surface area contributed by atoms with Crippen molar-refractivity contribution >= 4 is 12.0 Å². The minimum absolute atomic E-state index is 0.000362. The SMILES string of the molecule is CC[C@H](C)[C@H](NC(=O)OCc1ccccc1)C(=O)NCCCn1cccn1. The zero-order chi connectivity index (χ0) is 19.5. The second kappa shape index (κ2) is 11.0. The van der Waals surface area contributed by atoms with Gasteiger partial charge in [-0.2, -0.15) is 5.10 Å². The molecule has 146 valence electrons. The van der Waals surface area contributed by atoms with Gasteiger partial charge in [-0.3, -0.25) is 9.48 Å². The first-order valence-electron chi connectivity index (χ1n) is 9.32. The van der Waals surface area contributed by atoms with Gasteiger partial charge in [-0.15, -0.1) is 0 Å². The van der Waals surface area contributed by atoms with Crippen molar-refractivity contribution in [2.24, 2.45) is 5.92 Å². The lowest BCUT2D eigenvalue weighted by Gasteiger charge is -2.23. The summed E-state index contributed by atoms with van der Waals surface area (Å²) in [6, 6.07) is 10.7. The maximum absolute atomic E-state index is 12.5. The van der Waals surface area contributed by atoms with Crippen LogP contribution in [0.25, 0.3) is 0 Å². The van der Waals surface area contributed by atoms with Gasteiger partial charge in [0.1, 0.15) is 12.6 Å². The Morgan fingerprint density at radius 2 is 2.00 bits per heavy atom. The Labute approximate surface area is 160 Å². The Morgan fingerprint density at radius 1 is 1.22 bits per heavy atom. The first-order chi connectivity index (χ1) is 13.1. The van der Waals surface area contributed by atoms with Crippen molar-refractivity contribution in [2.45, 2.75) is 45.9 Å². The second-order valence-electron chi connectivity index (χ2n) is 6.48. The Bertz CT molecular complexity index is 689. The number of alkyl carbamates (subject to hydrolysis) is 1. The quantitative estimate of drug-likeness (QED) is 0.628. The number of ether oxygens (including phenoxy) is 1. The summed E-state index contributed by atoms with van der Waals surface area (Å²) >= 11 is 0. The van der Waals surface area contributed by atoms with Gasteiger partial charge in [0.15, 0.2) is 0 Å². The molecule has 1 heterocycles. The number of hydrogen-bond donors (Lipinski definition) is 2. The molecule has 7 nitrogen and oxygen atoms in total. The summed E-state index contributed by atoms with van der Waals surface area (Å²) in [5.74, 6) is -0.193. The highest BCUT2D eigenvalue weighted by atomic mass is 16.5. The fourth-order valence-corrected chi connectivity index (χ4v) is 2.59. The van der Waals surface area contributed by atoms with E-state index in [4.69, 9.17) is 4.74 Å². The van der Waals surface area contributed by atoms with E-state index in [1.807, 2.05) is 61.1 Å². The van der Waals surface area contributed by atoms with Gasteiger partial charge < -0.3 is 15.4 Å². The molecule has 2 rings (SSSR count). The maximum Gasteiger partial charge on any atom is 0.408 e. The number of aryl methyl sites for hydroxylation is 1. The summed E-state index contributed by atoms with van der Waals surface area (Å²) in [6.07, 6.45) is 4.55. The Hall–Kier alpha value is -2.83. The molecule has 27 heavy (non-hydrogen) atoms. The van der Waals surface area contributed by atoms with Crippen LogP contribution in [-0.2, 0) is 22.7 Å². The lowest BCUT2D eigenvalue weighted by atomic mass is 9.98. The molecule has 0 unspecified atom stereocenters. The summed E-state index contributed by atoms with van der Waals surface area (Å²) in [4.78, 5) is 24.6.